The highest BCUT2D eigenvalue weighted by Gasteiger charge is 2.26. The van der Waals surface area contributed by atoms with E-state index in [2.05, 4.69) is 0 Å². The first-order chi connectivity index (χ1) is 10.5. The average Bonchev–Trinajstić information content (AvgIpc) is 2.47. The summed E-state index contributed by atoms with van der Waals surface area (Å²) in [5.41, 5.74) is -0.312. The lowest BCUT2D eigenvalue weighted by Crippen LogP contribution is -2.31. The highest BCUT2D eigenvalue weighted by molar-refractivity contribution is 6.37. The number of hydrogen-bond acceptors (Lipinski definition) is 5. The number of carboxylic acid groups (broad SMARTS) is 2. The molecule has 0 bridgehead atoms. The van der Waals surface area contributed by atoms with Crippen LogP contribution in [0.1, 0.15) is 20.7 Å². The summed E-state index contributed by atoms with van der Waals surface area (Å²) in [6.45, 7) is 0. The first-order valence-electron chi connectivity index (χ1n) is 6.15. The van der Waals surface area contributed by atoms with Crippen molar-refractivity contribution in [3.05, 3.63) is 59.7 Å². The Labute approximate surface area is 125 Å². The van der Waals surface area contributed by atoms with Crippen molar-refractivity contribution in [1.29, 1.82) is 0 Å². The average molecular weight is 302 g/mol. The molecule has 3 N–H and O–H groups in total. The summed E-state index contributed by atoms with van der Waals surface area (Å²) in [6, 6.07) is 11.4. The minimum Gasteiger partial charge on any atom is -0.500 e. The molecule has 2 aromatic rings. The Morgan fingerprint density at radius 2 is 1.14 bits per heavy atom. The molecular formula is C14H11BO7. The lowest BCUT2D eigenvalue weighted by atomic mass is 10.1. The van der Waals surface area contributed by atoms with Gasteiger partial charge in [0.1, 0.15) is 11.5 Å². The number of para-hydroxylation sites is 2. The number of rotatable bonds is 6. The molecule has 0 atom stereocenters. The van der Waals surface area contributed by atoms with Crippen molar-refractivity contribution in [3.8, 4) is 11.5 Å². The Hall–Kier alpha value is -3.00. The second-order valence-electron chi connectivity index (χ2n) is 4.15. The maximum Gasteiger partial charge on any atom is 0.785 e. The topological polar surface area (TPSA) is 113 Å². The molecule has 0 aliphatic rings. The van der Waals surface area contributed by atoms with Gasteiger partial charge < -0.3 is 24.5 Å². The van der Waals surface area contributed by atoms with Crippen LogP contribution in [-0.2, 0) is 0 Å². The van der Waals surface area contributed by atoms with Gasteiger partial charge in [-0.1, -0.05) is 24.3 Å². The Kier molecular flexibility index (Phi) is 4.65. The van der Waals surface area contributed by atoms with E-state index in [0.29, 0.717) is 0 Å². The maximum absolute atomic E-state index is 11.0. The zero-order chi connectivity index (χ0) is 16.1. The lowest BCUT2D eigenvalue weighted by molar-refractivity contribution is 0.0684. The minimum atomic E-state index is -1.86. The third-order valence-electron chi connectivity index (χ3n) is 2.69. The van der Waals surface area contributed by atoms with Crippen molar-refractivity contribution in [1.82, 2.24) is 0 Å². The fourth-order valence-corrected chi connectivity index (χ4v) is 1.73. The molecule has 0 amide bonds. The van der Waals surface area contributed by atoms with E-state index in [1.54, 1.807) is 0 Å². The van der Waals surface area contributed by atoms with Gasteiger partial charge in [0.15, 0.2) is 0 Å². The molecule has 0 saturated heterocycles. The predicted molar refractivity (Wildman–Crippen MR) is 76.0 cm³/mol. The summed E-state index contributed by atoms with van der Waals surface area (Å²) in [7, 11) is -1.86. The molecule has 0 unspecified atom stereocenters. The largest absolute Gasteiger partial charge is 0.785 e. The summed E-state index contributed by atoms with van der Waals surface area (Å²) in [4.78, 5) is 22.0. The van der Waals surface area contributed by atoms with Crippen molar-refractivity contribution in [2.24, 2.45) is 0 Å². The van der Waals surface area contributed by atoms with Crippen molar-refractivity contribution in [2.75, 3.05) is 0 Å². The SMILES string of the molecule is O=C(O)c1ccccc1OB(O)Oc1ccccc1C(=O)O. The van der Waals surface area contributed by atoms with Crippen LogP contribution in [0.4, 0.5) is 0 Å². The molecule has 0 spiro atoms. The second-order valence-corrected chi connectivity index (χ2v) is 4.15. The number of carbonyl (C=O) groups is 2. The highest BCUT2D eigenvalue weighted by atomic mass is 16.7. The number of hydrogen-bond donors (Lipinski definition) is 3. The van der Waals surface area contributed by atoms with Crippen LogP contribution in [0, 0.1) is 0 Å². The predicted octanol–water partition coefficient (Wildman–Crippen LogP) is 1.52. The van der Waals surface area contributed by atoms with E-state index in [4.69, 9.17) is 19.5 Å². The summed E-state index contributed by atoms with van der Waals surface area (Å²) >= 11 is 0. The number of benzene rings is 2. The Balaban J connectivity index is 2.16. The molecule has 2 rings (SSSR count). The van der Waals surface area contributed by atoms with Crippen LogP contribution in [0.25, 0.3) is 0 Å². The van der Waals surface area contributed by atoms with Crippen LogP contribution in [0.2, 0.25) is 0 Å². The van der Waals surface area contributed by atoms with Gasteiger partial charge in [0.2, 0.25) is 0 Å². The molecule has 22 heavy (non-hydrogen) atoms. The lowest BCUT2D eigenvalue weighted by Gasteiger charge is -2.13. The summed E-state index contributed by atoms with van der Waals surface area (Å²) in [6.07, 6.45) is 0. The van der Waals surface area contributed by atoms with E-state index in [1.165, 1.54) is 48.5 Å². The van der Waals surface area contributed by atoms with Crippen LogP contribution in [0.5, 0.6) is 11.5 Å². The van der Waals surface area contributed by atoms with Crippen LogP contribution < -0.4 is 9.31 Å². The van der Waals surface area contributed by atoms with Crippen molar-refractivity contribution >= 4 is 19.3 Å². The Bertz CT molecular complexity index is 642. The molecule has 112 valence electrons. The van der Waals surface area contributed by atoms with Crippen molar-refractivity contribution in [2.45, 2.75) is 0 Å². The molecule has 0 fully saturated rings. The van der Waals surface area contributed by atoms with E-state index in [0.717, 1.165) is 0 Å². The zero-order valence-corrected chi connectivity index (χ0v) is 11.2. The van der Waals surface area contributed by atoms with Gasteiger partial charge in [-0.15, -0.1) is 0 Å². The summed E-state index contributed by atoms with van der Waals surface area (Å²) in [5.74, 6) is -2.66. The van der Waals surface area contributed by atoms with Gasteiger partial charge in [0.05, 0.1) is 11.1 Å². The molecule has 2 aromatic carbocycles. The fourth-order valence-electron chi connectivity index (χ4n) is 1.73. The van der Waals surface area contributed by atoms with Gasteiger partial charge in [-0.2, -0.15) is 0 Å². The molecule has 0 aliphatic heterocycles. The van der Waals surface area contributed by atoms with Crippen molar-refractivity contribution < 1.29 is 34.1 Å². The van der Waals surface area contributed by atoms with Crippen molar-refractivity contribution in [3.63, 3.8) is 0 Å². The third-order valence-corrected chi connectivity index (χ3v) is 2.69. The molecule has 8 heteroatoms. The molecule has 0 heterocycles. The molecule has 0 radical (unpaired) electrons. The van der Waals surface area contributed by atoms with E-state index < -0.39 is 19.3 Å². The van der Waals surface area contributed by atoms with Crippen LogP contribution in [0.3, 0.4) is 0 Å². The Morgan fingerprint density at radius 1 is 0.773 bits per heavy atom. The Morgan fingerprint density at radius 3 is 1.50 bits per heavy atom. The monoisotopic (exact) mass is 302 g/mol. The fraction of sp³-hybridized carbons (Fsp3) is 0. The number of carboxylic acids is 2. The second kappa shape index (κ2) is 6.64. The van der Waals surface area contributed by atoms with E-state index >= 15 is 0 Å². The molecule has 0 aromatic heterocycles. The molecular weight excluding hydrogens is 291 g/mol. The normalized spacial score (nSPS) is 9.86. The summed E-state index contributed by atoms with van der Waals surface area (Å²) < 4.78 is 10.0. The minimum absolute atomic E-state index is 0.102. The van der Waals surface area contributed by atoms with E-state index in [9.17, 15) is 14.6 Å². The van der Waals surface area contributed by atoms with E-state index in [1.807, 2.05) is 0 Å². The molecule has 7 nitrogen and oxygen atoms in total. The first-order valence-corrected chi connectivity index (χ1v) is 6.15. The first kappa shape index (κ1) is 15.4. The quantitative estimate of drug-likeness (QED) is 0.693. The van der Waals surface area contributed by atoms with Gasteiger partial charge in [-0.25, -0.2) is 9.59 Å². The van der Waals surface area contributed by atoms with Gasteiger partial charge in [-0.05, 0) is 24.3 Å². The smallest absolute Gasteiger partial charge is 0.500 e. The standard InChI is InChI=1S/C14H11BO7/c16-13(17)9-5-1-3-7-11(9)21-15(20)22-12-8-4-2-6-10(12)14(18)19/h1-8,20H,(H,16,17)(H,18,19). The van der Waals surface area contributed by atoms with E-state index in [-0.39, 0.29) is 22.6 Å². The van der Waals surface area contributed by atoms with Crippen LogP contribution in [0.15, 0.2) is 48.5 Å². The zero-order valence-electron chi connectivity index (χ0n) is 11.2. The molecule has 0 saturated carbocycles. The van der Waals surface area contributed by atoms with Gasteiger partial charge in [0, 0.05) is 0 Å². The van der Waals surface area contributed by atoms with Gasteiger partial charge >= 0.3 is 19.3 Å². The molecule has 0 aliphatic carbocycles. The van der Waals surface area contributed by atoms with Gasteiger partial charge in [-0.3, -0.25) is 0 Å². The van der Waals surface area contributed by atoms with Crippen LogP contribution >= 0.6 is 0 Å². The maximum atomic E-state index is 11.0. The third kappa shape index (κ3) is 3.55. The van der Waals surface area contributed by atoms with Crippen LogP contribution in [-0.4, -0.2) is 34.5 Å². The number of aromatic carboxylic acids is 2. The summed E-state index contributed by atoms with van der Waals surface area (Å²) in [5, 5.41) is 27.7. The highest BCUT2D eigenvalue weighted by Crippen LogP contribution is 2.21. The van der Waals surface area contributed by atoms with Gasteiger partial charge in [0.25, 0.3) is 0 Å².